The molecule has 0 bridgehead atoms. The highest BCUT2D eigenvalue weighted by Gasteiger charge is 2.23. The summed E-state index contributed by atoms with van der Waals surface area (Å²) in [7, 11) is 0. The first-order valence-electron chi connectivity index (χ1n) is 11.6. The van der Waals surface area contributed by atoms with Crippen molar-refractivity contribution in [3.05, 3.63) is 162 Å². The summed E-state index contributed by atoms with van der Waals surface area (Å²) >= 11 is 0. The summed E-state index contributed by atoms with van der Waals surface area (Å²) in [6.07, 6.45) is 4.84. The van der Waals surface area contributed by atoms with Crippen LogP contribution in [0.25, 0.3) is 0 Å². The van der Waals surface area contributed by atoms with Crippen LogP contribution in [0.15, 0.2) is 140 Å². The third-order valence-corrected chi connectivity index (χ3v) is 5.78. The van der Waals surface area contributed by atoms with Gasteiger partial charge in [0.25, 0.3) is 0 Å². The van der Waals surface area contributed by atoms with Gasteiger partial charge in [-0.15, -0.1) is 0 Å². The number of imidazole rings is 1. The Bertz CT molecular complexity index is 1280. The number of nitrogens with zero attached hydrogens (tertiary/aromatic N) is 2. The van der Waals surface area contributed by atoms with Crippen molar-refractivity contribution in [2.45, 2.75) is 11.8 Å². The molecule has 4 aromatic carbocycles. The molecule has 0 fully saturated rings. The average molecular weight is 475 g/mol. The van der Waals surface area contributed by atoms with Gasteiger partial charge in [-0.2, -0.15) is 0 Å². The van der Waals surface area contributed by atoms with E-state index in [1.807, 2.05) is 121 Å². The Labute approximate surface area is 210 Å². The van der Waals surface area contributed by atoms with E-state index >= 15 is 0 Å². The molecule has 0 aliphatic rings. The molecule has 0 aliphatic carbocycles. The molecule has 1 aromatic heterocycles. The van der Waals surface area contributed by atoms with Gasteiger partial charge in [0.1, 0.15) is 12.2 Å². The summed E-state index contributed by atoms with van der Waals surface area (Å²) in [6, 6.07) is 38.2. The molecule has 5 heteroatoms. The maximum absolute atomic E-state index is 12.7. The van der Waals surface area contributed by atoms with Crippen LogP contribution in [0.5, 0.6) is 0 Å². The maximum atomic E-state index is 12.7. The van der Waals surface area contributed by atoms with Gasteiger partial charge in [-0.1, -0.05) is 121 Å². The van der Waals surface area contributed by atoms with Crippen LogP contribution in [0.4, 0.5) is 0 Å². The van der Waals surface area contributed by atoms with Crippen LogP contribution in [0.1, 0.15) is 38.9 Å². The number of aromatic nitrogens is 2. The van der Waals surface area contributed by atoms with Gasteiger partial charge in [0.05, 0.1) is 5.92 Å². The number of hydrogen-bond donors (Lipinski definition) is 1. The van der Waals surface area contributed by atoms with Crippen LogP contribution in [0.3, 0.4) is 0 Å². The second-order valence-electron chi connectivity index (χ2n) is 8.16. The van der Waals surface area contributed by atoms with Gasteiger partial charge >= 0.3 is 5.97 Å². The van der Waals surface area contributed by atoms with Crippen LogP contribution >= 0.6 is 0 Å². The Morgan fingerprint density at radius 3 is 1.25 bits per heavy atom. The first-order valence-corrected chi connectivity index (χ1v) is 11.6. The topological polar surface area (TPSA) is 72.2 Å². The Morgan fingerprint density at radius 2 is 0.944 bits per heavy atom. The van der Waals surface area contributed by atoms with Crippen LogP contribution in [-0.4, -0.2) is 26.5 Å². The number of hydrogen-bond acceptors (Lipinski definition) is 3. The SMILES string of the molecule is O=C(C(c1ccccc1)c1ccccc1)n1ccnc1.O=C(O)C(c1ccccc1)c1ccccc1. The molecule has 1 heterocycles. The minimum absolute atomic E-state index is 0.0000926. The summed E-state index contributed by atoms with van der Waals surface area (Å²) in [5.41, 5.74) is 3.58. The fraction of sp³-hybridized carbons (Fsp3) is 0.0645. The largest absolute Gasteiger partial charge is 0.481 e. The molecule has 1 N–H and O–H groups in total. The van der Waals surface area contributed by atoms with Gasteiger partial charge in [0.15, 0.2) is 0 Å². The summed E-state index contributed by atoms with van der Waals surface area (Å²) in [5, 5.41) is 9.28. The number of benzene rings is 4. The van der Waals surface area contributed by atoms with E-state index in [1.165, 1.54) is 4.57 Å². The van der Waals surface area contributed by atoms with E-state index in [9.17, 15) is 14.7 Å². The highest BCUT2D eigenvalue weighted by Crippen LogP contribution is 2.26. The quantitative estimate of drug-likeness (QED) is 0.315. The molecule has 36 heavy (non-hydrogen) atoms. The van der Waals surface area contributed by atoms with Crippen molar-refractivity contribution >= 4 is 11.9 Å². The Morgan fingerprint density at radius 1 is 0.583 bits per heavy atom. The molecule has 5 aromatic rings. The molecular weight excluding hydrogens is 448 g/mol. The van der Waals surface area contributed by atoms with E-state index in [1.54, 1.807) is 18.7 Å². The molecule has 0 unspecified atom stereocenters. The van der Waals surface area contributed by atoms with Gasteiger partial charge in [-0.25, -0.2) is 4.98 Å². The number of rotatable bonds is 6. The molecular formula is C31H26N2O3. The zero-order valence-corrected chi connectivity index (χ0v) is 19.6. The normalized spacial score (nSPS) is 10.5. The smallest absolute Gasteiger partial charge is 0.315 e. The lowest BCUT2D eigenvalue weighted by atomic mass is 9.90. The first-order chi connectivity index (χ1) is 17.6. The third-order valence-electron chi connectivity index (χ3n) is 5.78. The Kier molecular flexibility index (Phi) is 8.18. The van der Waals surface area contributed by atoms with Gasteiger partial charge in [0.2, 0.25) is 5.91 Å². The lowest BCUT2D eigenvalue weighted by molar-refractivity contribution is -0.137. The van der Waals surface area contributed by atoms with E-state index in [-0.39, 0.29) is 11.8 Å². The summed E-state index contributed by atoms with van der Waals surface area (Å²) < 4.78 is 1.53. The first kappa shape index (κ1) is 24.4. The van der Waals surface area contributed by atoms with Gasteiger partial charge in [-0.3, -0.25) is 14.2 Å². The van der Waals surface area contributed by atoms with Crippen LogP contribution in [0, 0.1) is 0 Å². The van der Waals surface area contributed by atoms with Crippen LogP contribution in [0.2, 0.25) is 0 Å². The molecule has 0 amide bonds. The summed E-state index contributed by atoms with van der Waals surface area (Å²) in [6.45, 7) is 0. The molecule has 0 spiro atoms. The second-order valence-corrected chi connectivity index (χ2v) is 8.16. The lowest BCUT2D eigenvalue weighted by Gasteiger charge is -2.17. The molecule has 0 aliphatic heterocycles. The Hall–Kier alpha value is -4.77. The van der Waals surface area contributed by atoms with Crippen molar-refractivity contribution in [3.8, 4) is 0 Å². The zero-order chi connectivity index (χ0) is 25.2. The fourth-order valence-electron chi connectivity index (χ4n) is 4.08. The van der Waals surface area contributed by atoms with Crippen LogP contribution in [-0.2, 0) is 4.79 Å². The van der Waals surface area contributed by atoms with E-state index in [0.29, 0.717) is 0 Å². The van der Waals surface area contributed by atoms with E-state index < -0.39 is 11.9 Å². The number of carbonyl (C=O) groups excluding carboxylic acids is 1. The third kappa shape index (κ3) is 6.02. The van der Waals surface area contributed by atoms with Gasteiger partial charge in [0, 0.05) is 12.4 Å². The van der Waals surface area contributed by atoms with Crippen molar-refractivity contribution < 1.29 is 14.7 Å². The molecule has 5 rings (SSSR count). The molecule has 178 valence electrons. The predicted octanol–water partition coefficient (Wildman–Crippen LogP) is 6.26. The van der Waals surface area contributed by atoms with Gasteiger partial charge < -0.3 is 5.11 Å². The monoisotopic (exact) mass is 474 g/mol. The number of aliphatic carboxylic acids is 1. The number of carbonyl (C=O) groups is 2. The predicted molar refractivity (Wildman–Crippen MR) is 140 cm³/mol. The molecule has 0 saturated heterocycles. The number of carboxylic acid groups (broad SMARTS) is 1. The van der Waals surface area contributed by atoms with E-state index in [0.717, 1.165) is 22.3 Å². The highest BCUT2D eigenvalue weighted by atomic mass is 16.4. The molecule has 5 nitrogen and oxygen atoms in total. The molecule has 0 saturated carbocycles. The Balaban J connectivity index is 0.000000174. The molecule has 0 radical (unpaired) electrons. The number of carboxylic acids is 1. The van der Waals surface area contributed by atoms with Crippen molar-refractivity contribution in [1.82, 2.24) is 9.55 Å². The zero-order valence-electron chi connectivity index (χ0n) is 19.6. The molecule has 0 atom stereocenters. The second kappa shape index (κ2) is 12.1. The standard InChI is InChI=1S/C17H14N2O.C14H12O2/c20-17(19-12-11-18-13-19)16(14-7-3-1-4-8-14)15-9-5-2-6-10-15;15-14(16)13(11-7-3-1-4-8-11)12-9-5-2-6-10-12/h1-13,16H;1-10,13H,(H,15,16). The summed E-state index contributed by atoms with van der Waals surface area (Å²) in [4.78, 5) is 28.0. The lowest BCUT2D eigenvalue weighted by Crippen LogP contribution is -2.20. The van der Waals surface area contributed by atoms with E-state index in [4.69, 9.17) is 0 Å². The van der Waals surface area contributed by atoms with E-state index in [2.05, 4.69) is 4.98 Å². The summed E-state index contributed by atoms with van der Waals surface area (Å²) in [5.74, 6) is -1.72. The fourth-order valence-corrected chi connectivity index (χ4v) is 4.08. The van der Waals surface area contributed by atoms with Crippen molar-refractivity contribution in [1.29, 1.82) is 0 Å². The van der Waals surface area contributed by atoms with Crippen molar-refractivity contribution in [2.75, 3.05) is 0 Å². The van der Waals surface area contributed by atoms with Gasteiger partial charge in [-0.05, 0) is 22.3 Å². The van der Waals surface area contributed by atoms with Crippen molar-refractivity contribution in [2.24, 2.45) is 0 Å². The minimum Gasteiger partial charge on any atom is -0.481 e. The van der Waals surface area contributed by atoms with Crippen LogP contribution < -0.4 is 0 Å². The average Bonchev–Trinajstić information content (AvgIpc) is 3.47. The highest BCUT2D eigenvalue weighted by molar-refractivity contribution is 5.89. The van der Waals surface area contributed by atoms with Crippen molar-refractivity contribution in [3.63, 3.8) is 0 Å². The maximum Gasteiger partial charge on any atom is 0.315 e. The minimum atomic E-state index is -0.822.